The number of hydrogen-bond acceptors (Lipinski definition) is 13. The molecule has 0 saturated carbocycles. The summed E-state index contributed by atoms with van der Waals surface area (Å²) in [6.45, 7) is 12.2. The number of aromatic amines is 2. The molecule has 2 fully saturated rings. The molecule has 0 bridgehead atoms. The van der Waals surface area contributed by atoms with Crippen LogP contribution in [0, 0.1) is 19.8 Å². The molecule has 386 valence electrons. The van der Waals surface area contributed by atoms with Gasteiger partial charge in [0.05, 0.1) is 38.6 Å². The highest BCUT2D eigenvalue weighted by Gasteiger charge is 2.41. The van der Waals surface area contributed by atoms with Crippen LogP contribution in [0.15, 0.2) is 80.1 Å². The Morgan fingerprint density at radius 2 is 1.25 bits per heavy atom. The Hall–Kier alpha value is -6.80. The Morgan fingerprint density at radius 3 is 1.85 bits per heavy atom. The Kier molecular flexibility index (Phi) is 17.7. The highest BCUT2D eigenvalue weighted by atomic mass is 16.5. The van der Waals surface area contributed by atoms with Gasteiger partial charge in [-0.25, -0.2) is 9.59 Å². The molecule has 0 aliphatic carbocycles. The lowest BCUT2D eigenvalue weighted by Gasteiger charge is -2.21. The van der Waals surface area contributed by atoms with E-state index in [0.29, 0.717) is 73.3 Å². The number of nitrogens with one attached hydrogen (secondary N) is 4. The summed E-state index contributed by atoms with van der Waals surface area (Å²) >= 11 is 0. The van der Waals surface area contributed by atoms with Crippen LogP contribution in [-0.2, 0) is 38.3 Å². The number of hydrogen-bond donors (Lipinski definition) is 6. The number of aliphatic hydroxyl groups excluding tert-OH is 2. The van der Waals surface area contributed by atoms with Crippen LogP contribution in [-0.4, -0.2) is 85.9 Å². The molecule has 19 heteroatoms. The van der Waals surface area contributed by atoms with Gasteiger partial charge in [0.15, 0.2) is 6.10 Å². The zero-order chi connectivity index (χ0) is 51.6. The summed E-state index contributed by atoms with van der Waals surface area (Å²) in [5, 5.41) is 27.1. The van der Waals surface area contributed by atoms with Crippen LogP contribution in [0.25, 0.3) is 0 Å². The number of amides is 2. The number of ether oxygens (including phenoxy) is 5. The van der Waals surface area contributed by atoms with Gasteiger partial charge >= 0.3 is 11.4 Å². The highest BCUT2D eigenvalue weighted by molar-refractivity contribution is 5.95. The number of benzene rings is 3. The van der Waals surface area contributed by atoms with Crippen LogP contribution < -0.4 is 47.3 Å². The summed E-state index contributed by atoms with van der Waals surface area (Å²) in [6.07, 6.45) is 1.60. The third-order valence-corrected chi connectivity index (χ3v) is 12.8. The smallest absolute Gasteiger partial charge is 0.330 e. The van der Waals surface area contributed by atoms with Crippen LogP contribution >= 0.6 is 0 Å². The zero-order valence-electron chi connectivity index (χ0n) is 41.7. The van der Waals surface area contributed by atoms with Crippen molar-refractivity contribution in [3.8, 4) is 17.2 Å². The number of nitrogens with zero attached hydrogens (tertiary/aromatic N) is 2. The SMILES string of the molecule is CCCOc1ccc(NC(=O)C[C@H]2C[C@H](n3cc(C)c(=O)[nH]c3=O)O[C@@H]2CO)cc1Cc1cccc(Cc2cc(NC(=O)[C@H]3O[C@@H](n4cc(C)c(=O)[nH]c4=O)C[C@@H]3O)cc(CC)c2OCCC)c1OCCC. The van der Waals surface area contributed by atoms with E-state index in [1.54, 1.807) is 19.9 Å². The number of aliphatic hydroxyl groups is 2. The second-order valence-electron chi connectivity index (χ2n) is 18.4. The summed E-state index contributed by atoms with van der Waals surface area (Å²) in [7, 11) is 0. The molecule has 6 N–H and O–H groups in total. The van der Waals surface area contributed by atoms with Gasteiger partial charge in [0.2, 0.25) is 5.91 Å². The number of carbonyl (C=O) groups is 2. The number of anilines is 2. The molecule has 6 atom stereocenters. The summed E-state index contributed by atoms with van der Waals surface area (Å²) in [4.78, 5) is 81.3. The van der Waals surface area contributed by atoms with Gasteiger partial charge in [0, 0.05) is 77.6 Å². The molecule has 0 radical (unpaired) electrons. The highest BCUT2D eigenvalue weighted by Crippen LogP contribution is 2.38. The van der Waals surface area contributed by atoms with E-state index in [1.807, 2.05) is 70.2 Å². The van der Waals surface area contributed by atoms with Crippen molar-refractivity contribution in [2.45, 2.75) is 130 Å². The van der Waals surface area contributed by atoms with Gasteiger partial charge in [-0.1, -0.05) is 45.9 Å². The van der Waals surface area contributed by atoms with Gasteiger partial charge < -0.3 is 44.5 Å². The van der Waals surface area contributed by atoms with Crippen LogP contribution in [0.2, 0.25) is 0 Å². The fraction of sp³-hybridized carbons (Fsp3) is 0.472. The summed E-state index contributed by atoms with van der Waals surface area (Å²) < 4.78 is 33.6. The first-order valence-electron chi connectivity index (χ1n) is 24.8. The molecule has 2 aliphatic heterocycles. The third kappa shape index (κ3) is 12.4. The van der Waals surface area contributed by atoms with E-state index in [2.05, 4.69) is 20.6 Å². The first kappa shape index (κ1) is 53.0. The molecule has 0 spiro atoms. The quantitative estimate of drug-likeness (QED) is 0.0514. The van der Waals surface area contributed by atoms with Crippen molar-refractivity contribution in [1.82, 2.24) is 19.1 Å². The first-order chi connectivity index (χ1) is 34.6. The van der Waals surface area contributed by atoms with E-state index in [9.17, 15) is 39.0 Å². The molecule has 4 heterocycles. The Balaban J connectivity index is 1.14. The molecule has 19 nitrogen and oxygen atoms in total. The monoisotopic (exact) mass is 994 g/mol. The van der Waals surface area contributed by atoms with E-state index < -0.39 is 65.1 Å². The molecule has 2 aliphatic rings. The fourth-order valence-electron chi connectivity index (χ4n) is 9.16. The predicted molar refractivity (Wildman–Crippen MR) is 269 cm³/mol. The minimum Gasteiger partial charge on any atom is -0.493 e. The van der Waals surface area contributed by atoms with Crippen LogP contribution in [0.3, 0.4) is 0 Å². The van der Waals surface area contributed by atoms with Gasteiger partial charge in [-0.2, -0.15) is 0 Å². The molecule has 2 saturated heterocycles. The average molecular weight is 995 g/mol. The number of H-pyrrole nitrogens is 2. The van der Waals surface area contributed by atoms with Crippen molar-refractivity contribution in [1.29, 1.82) is 0 Å². The molecule has 0 unspecified atom stereocenters. The van der Waals surface area contributed by atoms with Crippen LogP contribution in [0.1, 0.15) is 118 Å². The van der Waals surface area contributed by atoms with E-state index in [-0.39, 0.29) is 37.3 Å². The normalized spacial score (nSPS) is 19.6. The minimum absolute atomic E-state index is 0.00504. The second kappa shape index (κ2) is 24.1. The van der Waals surface area contributed by atoms with Gasteiger partial charge in [-0.15, -0.1) is 0 Å². The summed E-state index contributed by atoms with van der Waals surface area (Å²) in [5.41, 5.74) is 3.41. The van der Waals surface area contributed by atoms with Crippen molar-refractivity contribution in [3.63, 3.8) is 0 Å². The second-order valence-corrected chi connectivity index (χ2v) is 18.4. The lowest BCUT2D eigenvalue weighted by atomic mass is 9.94. The zero-order valence-corrected chi connectivity index (χ0v) is 41.7. The van der Waals surface area contributed by atoms with E-state index in [1.165, 1.54) is 21.5 Å². The van der Waals surface area contributed by atoms with Crippen LogP contribution in [0.4, 0.5) is 11.4 Å². The van der Waals surface area contributed by atoms with Gasteiger partial charge in [-0.3, -0.25) is 38.3 Å². The molecule has 7 rings (SSSR count). The topological polar surface area (TPSA) is 255 Å². The predicted octanol–water partition coefficient (Wildman–Crippen LogP) is 5.33. The van der Waals surface area contributed by atoms with E-state index in [4.69, 9.17) is 23.7 Å². The number of aromatic nitrogens is 4. The van der Waals surface area contributed by atoms with E-state index >= 15 is 0 Å². The number of rotatable bonds is 22. The maximum Gasteiger partial charge on any atom is 0.330 e. The number of aryl methyl sites for hydroxylation is 3. The van der Waals surface area contributed by atoms with Crippen molar-refractivity contribution >= 4 is 23.2 Å². The number of carbonyl (C=O) groups excluding carboxylic acids is 2. The maximum atomic E-state index is 13.8. The third-order valence-electron chi connectivity index (χ3n) is 12.8. The van der Waals surface area contributed by atoms with E-state index in [0.717, 1.165) is 47.1 Å². The number of para-hydroxylation sites is 1. The molecule has 72 heavy (non-hydrogen) atoms. The Bertz CT molecular complexity index is 2980. The molecular formula is C53H66N6O13. The summed E-state index contributed by atoms with van der Waals surface area (Å²) in [6, 6.07) is 15.1. The van der Waals surface area contributed by atoms with Gasteiger partial charge in [-0.05, 0) is 93.0 Å². The standard InChI is InChI=1S/C53H66N6O13/c1-7-16-68-41-15-14-38(54-43(62)24-36-25-44(71-42(36)29-60)58-27-30(5)49(63)56-52(58)66)22-35(41)19-33-12-11-13-34(47(33)70-18-9-3)20-37-23-39(21-32(10-4)46(37)69-17-8-2)55-51(65)48-40(61)26-45(72-48)59-28-31(6)50(64)57-53(59)67/h11-15,21-23,27-28,36,40,42,44-45,48,60-61H,7-10,16-20,24-26,29H2,1-6H3,(H,54,62)(H,55,65)(H,56,63,66)(H,57,64,67)/t36-,40-,42+,44+,45+,48-/m0/s1. The summed E-state index contributed by atoms with van der Waals surface area (Å²) in [5.74, 6) is 0.681. The van der Waals surface area contributed by atoms with Crippen molar-refractivity contribution in [3.05, 3.63) is 142 Å². The Morgan fingerprint density at radius 1 is 0.694 bits per heavy atom. The average Bonchev–Trinajstić information content (AvgIpc) is 3.95. The van der Waals surface area contributed by atoms with Gasteiger partial charge in [0.25, 0.3) is 17.0 Å². The molecule has 2 amide bonds. The lowest BCUT2D eigenvalue weighted by molar-refractivity contribution is -0.132. The minimum atomic E-state index is -1.30. The largest absolute Gasteiger partial charge is 0.493 e. The van der Waals surface area contributed by atoms with Crippen LogP contribution in [0.5, 0.6) is 17.2 Å². The fourth-order valence-corrected chi connectivity index (χ4v) is 9.16. The molecule has 3 aromatic carbocycles. The van der Waals surface area contributed by atoms with Crippen molar-refractivity contribution in [2.75, 3.05) is 37.1 Å². The maximum absolute atomic E-state index is 13.8. The Labute approximate surface area is 416 Å². The lowest BCUT2D eigenvalue weighted by Crippen LogP contribution is -2.36. The van der Waals surface area contributed by atoms with Gasteiger partial charge in [0.1, 0.15) is 29.7 Å². The van der Waals surface area contributed by atoms with Crippen molar-refractivity contribution in [2.24, 2.45) is 5.92 Å². The molecular weight excluding hydrogens is 929 g/mol. The molecule has 5 aromatic rings. The van der Waals surface area contributed by atoms with Crippen molar-refractivity contribution < 1.29 is 43.5 Å². The molecule has 2 aromatic heterocycles. The first-order valence-corrected chi connectivity index (χ1v) is 24.8.